The molecule has 1 aromatic rings. The van der Waals surface area contributed by atoms with Crippen molar-refractivity contribution >= 4 is 5.78 Å². The number of methoxy groups -OCH3 is 1. The Morgan fingerprint density at radius 1 is 1.50 bits per heavy atom. The minimum Gasteiger partial charge on any atom is -0.492 e. The summed E-state index contributed by atoms with van der Waals surface area (Å²) < 4.78 is 10.9. The highest BCUT2D eigenvalue weighted by molar-refractivity contribution is 6.03. The number of carbonyl (C=O) groups excluding carboxylic acids is 1. The van der Waals surface area contributed by atoms with Crippen LogP contribution in [0.25, 0.3) is 0 Å². The number of nitrogens with one attached hydrogen (secondary N) is 1. The molecule has 0 saturated carbocycles. The number of rotatable bonds is 3. The van der Waals surface area contributed by atoms with Gasteiger partial charge in [0, 0.05) is 20.1 Å². The van der Waals surface area contributed by atoms with Crippen molar-refractivity contribution < 1.29 is 14.3 Å². The molecule has 0 bridgehead atoms. The van der Waals surface area contributed by atoms with Crippen LogP contribution < -0.4 is 10.1 Å². The van der Waals surface area contributed by atoms with Crippen LogP contribution in [0.15, 0.2) is 18.2 Å². The van der Waals surface area contributed by atoms with Crippen molar-refractivity contribution in [3.05, 3.63) is 29.3 Å². The lowest BCUT2D eigenvalue weighted by molar-refractivity contribution is 0.0916. The molecule has 4 nitrogen and oxygen atoms in total. The lowest BCUT2D eigenvalue weighted by Crippen LogP contribution is -2.30. The molecular weight excluding hydrogens is 230 g/mol. The fourth-order valence-electron chi connectivity index (χ4n) is 2.68. The van der Waals surface area contributed by atoms with Gasteiger partial charge in [-0.25, -0.2) is 0 Å². The van der Waals surface area contributed by atoms with Crippen LogP contribution in [0.3, 0.4) is 0 Å². The molecule has 0 radical (unpaired) electrons. The zero-order valence-electron chi connectivity index (χ0n) is 10.4. The summed E-state index contributed by atoms with van der Waals surface area (Å²) in [6.07, 6.45) is 1.77. The number of fused-ring (bicyclic) bond motifs is 1. The zero-order valence-corrected chi connectivity index (χ0v) is 10.4. The van der Waals surface area contributed by atoms with Gasteiger partial charge < -0.3 is 14.8 Å². The minimum absolute atomic E-state index is 0.119. The van der Waals surface area contributed by atoms with Gasteiger partial charge in [0.25, 0.3) is 0 Å². The lowest BCUT2D eigenvalue weighted by Gasteiger charge is -2.12. The molecule has 0 spiro atoms. The average molecular weight is 247 g/mol. The van der Waals surface area contributed by atoms with Gasteiger partial charge in [-0.15, -0.1) is 0 Å². The van der Waals surface area contributed by atoms with Crippen LogP contribution in [0.4, 0.5) is 0 Å². The van der Waals surface area contributed by atoms with Gasteiger partial charge in [0.05, 0.1) is 24.3 Å². The van der Waals surface area contributed by atoms with E-state index >= 15 is 0 Å². The maximum Gasteiger partial charge on any atom is 0.183 e. The van der Waals surface area contributed by atoms with Crippen molar-refractivity contribution in [1.82, 2.24) is 5.32 Å². The standard InChI is InChI=1S/C14H17NO3/c1-17-10-7-12(15-8-10)13(16)11-4-2-3-9-5-6-18-14(9)11/h2-4,10,12,15H,5-8H2,1H3. The van der Waals surface area contributed by atoms with Crippen LogP contribution in [-0.2, 0) is 11.2 Å². The van der Waals surface area contributed by atoms with E-state index in [1.807, 2.05) is 18.2 Å². The van der Waals surface area contributed by atoms with E-state index < -0.39 is 0 Å². The van der Waals surface area contributed by atoms with Gasteiger partial charge in [-0.05, 0) is 18.1 Å². The fraction of sp³-hybridized carbons (Fsp3) is 0.500. The number of ether oxygens (including phenoxy) is 2. The average Bonchev–Trinajstić information content (AvgIpc) is 3.05. The molecule has 1 aromatic carbocycles. The van der Waals surface area contributed by atoms with E-state index in [4.69, 9.17) is 9.47 Å². The summed E-state index contributed by atoms with van der Waals surface area (Å²) in [7, 11) is 1.68. The first-order valence-electron chi connectivity index (χ1n) is 6.34. The molecule has 1 fully saturated rings. The molecule has 96 valence electrons. The Morgan fingerprint density at radius 2 is 2.39 bits per heavy atom. The number of Topliss-reactive ketones (excluding diaryl/α,β-unsaturated/α-hetero) is 1. The lowest BCUT2D eigenvalue weighted by atomic mass is 9.99. The molecule has 2 aliphatic heterocycles. The van der Waals surface area contributed by atoms with Gasteiger partial charge in [0.2, 0.25) is 0 Å². The second kappa shape index (κ2) is 4.71. The van der Waals surface area contributed by atoms with Crippen molar-refractivity contribution in [3.8, 4) is 5.75 Å². The minimum atomic E-state index is -0.148. The van der Waals surface area contributed by atoms with Crippen LogP contribution in [-0.4, -0.2) is 38.2 Å². The zero-order chi connectivity index (χ0) is 12.5. The number of ketones is 1. The monoisotopic (exact) mass is 247 g/mol. The van der Waals surface area contributed by atoms with E-state index in [0.29, 0.717) is 12.2 Å². The Labute approximate surface area is 106 Å². The molecule has 0 amide bonds. The van der Waals surface area contributed by atoms with Crippen LogP contribution in [0, 0.1) is 0 Å². The molecule has 0 aromatic heterocycles. The Balaban J connectivity index is 1.83. The Kier molecular flexibility index (Phi) is 3.06. The van der Waals surface area contributed by atoms with Crippen molar-refractivity contribution in [1.29, 1.82) is 0 Å². The molecule has 1 saturated heterocycles. The number of benzene rings is 1. The number of carbonyl (C=O) groups is 1. The predicted molar refractivity (Wildman–Crippen MR) is 67.2 cm³/mol. The van der Waals surface area contributed by atoms with E-state index in [1.165, 1.54) is 0 Å². The van der Waals surface area contributed by atoms with E-state index in [0.717, 1.165) is 30.7 Å². The molecule has 1 N–H and O–H groups in total. The number of hydrogen-bond donors (Lipinski definition) is 1. The van der Waals surface area contributed by atoms with E-state index in [9.17, 15) is 4.79 Å². The van der Waals surface area contributed by atoms with Gasteiger partial charge in [-0.3, -0.25) is 4.79 Å². The molecule has 2 unspecified atom stereocenters. The van der Waals surface area contributed by atoms with Crippen molar-refractivity contribution in [2.75, 3.05) is 20.3 Å². The van der Waals surface area contributed by atoms with Gasteiger partial charge in [-0.1, -0.05) is 12.1 Å². The van der Waals surface area contributed by atoms with E-state index in [1.54, 1.807) is 7.11 Å². The predicted octanol–water partition coefficient (Wildman–Crippen LogP) is 1.18. The second-order valence-corrected chi connectivity index (χ2v) is 4.81. The maximum atomic E-state index is 12.5. The molecule has 2 aliphatic rings. The first kappa shape index (κ1) is 11.7. The second-order valence-electron chi connectivity index (χ2n) is 4.81. The highest BCUT2D eigenvalue weighted by atomic mass is 16.5. The molecule has 3 rings (SSSR count). The van der Waals surface area contributed by atoms with Crippen molar-refractivity contribution in [2.24, 2.45) is 0 Å². The van der Waals surface area contributed by atoms with Crippen molar-refractivity contribution in [3.63, 3.8) is 0 Å². The quantitative estimate of drug-likeness (QED) is 0.815. The Bertz CT molecular complexity index is 472. The Morgan fingerprint density at radius 3 is 3.17 bits per heavy atom. The maximum absolute atomic E-state index is 12.5. The van der Waals surface area contributed by atoms with Gasteiger partial charge in [-0.2, -0.15) is 0 Å². The summed E-state index contributed by atoms with van der Waals surface area (Å²) in [5, 5.41) is 3.22. The van der Waals surface area contributed by atoms with Crippen LogP contribution in [0.5, 0.6) is 5.75 Å². The van der Waals surface area contributed by atoms with E-state index in [-0.39, 0.29) is 17.9 Å². The summed E-state index contributed by atoms with van der Waals surface area (Å²) in [6, 6.07) is 5.67. The third kappa shape index (κ3) is 1.91. The number of hydrogen-bond acceptors (Lipinski definition) is 4. The number of para-hydroxylation sites is 1. The molecule has 4 heteroatoms. The molecule has 2 heterocycles. The van der Waals surface area contributed by atoms with Gasteiger partial charge in [0.15, 0.2) is 5.78 Å². The summed E-state index contributed by atoms with van der Waals surface area (Å²) in [5.74, 6) is 0.901. The van der Waals surface area contributed by atoms with E-state index in [2.05, 4.69) is 5.32 Å². The smallest absolute Gasteiger partial charge is 0.183 e. The van der Waals surface area contributed by atoms with Crippen LogP contribution in [0.1, 0.15) is 22.3 Å². The van der Waals surface area contributed by atoms with Gasteiger partial charge in [0.1, 0.15) is 5.75 Å². The van der Waals surface area contributed by atoms with Crippen LogP contribution >= 0.6 is 0 Å². The summed E-state index contributed by atoms with van der Waals surface area (Å²) in [5.41, 5.74) is 1.85. The fourth-order valence-corrected chi connectivity index (χ4v) is 2.68. The largest absolute Gasteiger partial charge is 0.492 e. The molecule has 0 aliphatic carbocycles. The first-order chi connectivity index (χ1) is 8.79. The third-order valence-electron chi connectivity index (χ3n) is 3.72. The summed E-state index contributed by atoms with van der Waals surface area (Å²) >= 11 is 0. The summed E-state index contributed by atoms with van der Waals surface area (Å²) in [4.78, 5) is 12.5. The third-order valence-corrected chi connectivity index (χ3v) is 3.72. The summed E-state index contributed by atoms with van der Waals surface area (Å²) in [6.45, 7) is 1.42. The topological polar surface area (TPSA) is 47.6 Å². The van der Waals surface area contributed by atoms with Crippen LogP contribution in [0.2, 0.25) is 0 Å². The van der Waals surface area contributed by atoms with Gasteiger partial charge >= 0.3 is 0 Å². The van der Waals surface area contributed by atoms with Crippen molar-refractivity contribution in [2.45, 2.75) is 25.0 Å². The highest BCUT2D eigenvalue weighted by Crippen LogP contribution is 2.31. The first-order valence-corrected chi connectivity index (χ1v) is 6.34. The molecule has 18 heavy (non-hydrogen) atoms. The highest BCUT2D eigenvalue weighted by Gasteiger charge is 2.32. The molecular formula is C14H17NO3. The SMILES string of the molecule is COC1CNC(C(=O)c2cccc3c2OCC3)C1. The molecule has 2 atom stereocenters. The normalized spacial score (nSPS) is 25.8. The Hall–Kier alpha value is -1.39.